The summed E-state index contributed by atoms with van der Waals surface area (Å²) in [5.74, 6) is 5.26. The van der Waals surface area contributed by atoms with Gasteiger partial charge in [0.05, 0.1) is 6.61 Å². The number of ether oxygens (including phenoxy) is 1. The van der Waals surface area contributed by atoms with Gasteiger partial charge in [0, 0.05) is 11.6 Å². The van der Waals surface area contributed by atoms with Crippen molar-refractivity contribution in [3.63, 3.8) is 0 Å². The van der Waals surface area contributed by atoms with Gasteiger partial charge in [0.15, 0.2) is 0 Å². The van der Waals surface area contributed by atoms with Crippen molar-refractivity contribution >= 4 is 11.8 Å². The largest absolute Gasteiger partial charge is 0.444 e. The standard InChI is InChI=1S/C14H22N2O3/c1-10(9-18-15)11-5-7-12(8-6-11)16-13(17)19-14(2,3)4/h5-8,10H,9,15H2,1-4H3,(H,16,17). The lowest BCUT2D eigenvalue weighted by molar-refractivity contribution is 0.0636. The van der Waals surface area contributed by atoms with Crippen LogP contribution in [0.1, 0.15) is 39.2 Å². The monoisotopic (exact) mass is 266 g/mol. The summed E-state index contributed by atoms with van der Waals surface area (Å²) in [5, 5.41) is 2.68. The molecule has 0 aliphatic carbocycles. The molecule has 0 aliphatic heterocycles. The fraction of sp³-hybridized carbons (Fsp3) is 0.500. The second kappa shape index (κ2) is 6.54. The van der Waals surface area contributed by atoms with Crippen molar-refractivity contribution in [2.75, 3.05) is 11.9 Å². The van der Waals surface area contributed by atoms with Gasteiger partial charge in [-0.2, -0.15) is 0 Å². The molecular weight excluding hydrogens is 244 g/mol. The summed E-state index contributed by atoms with van der Waals surface area (Å²) in [7, 11) is 0. The summed E-state index contributed by atoms with van der Waals surface area (Å²) < 4.78 is 5.17. The van der Waals surface area contributed by atoms with Crippen molar-refractivity contribution in [1.82, 2.24) is 0 Å². The van der Waals surface area contributed by atoms with Crippen LogP contribution in [0.2, 0.25) is 0 Å². The van der Waals surface area contributed by atoms with E-state index in [0.29, 0.717) is 12.3 Å². The first-order valence-corrected chi connectivity index (χ1v) is 6.23. The molecule has 106 valence electrons. The highest BCUT2D eigenvalue weighted by molar-refractivity contribution is 5.84. The molecule has 0 radical (unpaired) electrons. The number of carbonyl (C=O) groups is 1. The molecule has 0 bridgehead atoms. The van der Waals surface area contributed by atoms with Crippen molar-refractivity contribution in [2.45, 2.75) is 39.2 Å². The number of rotatable bonds is 4. The van der Waals surface area contributed by atoms with Crippen LogP contribution >= 0.6 is 0 Å². The molecule has 1 rings (SSSR count). The van der Waals surface area contributed by atoms with E-state index in [1.165, 1.54) is 0 Å². The number of carbonyl (C=O) groups excluding carboxylic acids is 1. The van der Waals surface area contributed by atoms with Crippen LogP contribution in [0.3, 0.4) is 0 Å². The zero-order valence-corrected chi connectivity index (χ0v) is 11.9. The lowest BCUT2D eigenvalue weighted by Crippen LogP contribution is -2.27. The third-order valence-corrected chi connectivity index (χ3v) is 2.47. The van der Waals surface area contributed by atoms with E-state index in [1.54, 1.807) is 0 Å². The Morgan fingerprint density at radius 3 is 2.37 bits per heavy atom. The highest BCUT2D eigenvalue weighted by Gasteiger charge is 2.16. The van der Waals surface area contributed by atoms with Crippen molar-refractivity contribution in [3.05, 3.63) is 29.8 Å². The van der Waals surface area contributed by atoms with Crippen LogP contribution in [-0.4, -0.2) is 18.3 Å². The fourth-order valence-corrected chi connectivity index (χ4v) is 1.56. The van der Waals surface area contributed by atoms with Crippen LogP contribution in [0.25, 0.3) is 0 Å². The summed E-state index contributed by atoms with van der Waals surface area (Å²) >= 11 is 0. The van der Waals surface area contributed by atoms with Crippen molar-refractivity contribution < 1.29 is 14.4 Å². The van der Waals surface area contributed by atoms with Crippen molar-refractivity contribution in [1.29, 1.82) is 0 Å². The quantitative estimate of drug-likeness (QED) is 0.821. The summed E-state index contributed by atoms with van der Waals surface area (Å²) in [6.07, 6.45) is -0.460. The molecule has 1 atom stereocenters. The SMILES string of the molecule is CC(CON)c1ccc(NC(=O)OC(C)(C)C)cc1. The summed E-state index contributed by atoms with van der Waals surface area (Å²) in [6, 6.07) is 7.51. The van der Waals surface area contributed by atoms with E-state index in [4.69, 9.17) is 10.6 Å². The zero-order chi connectivity index (χ0) is 14.5. The number of amides is 1. The van der Waals surface area contributed by atoms with E-state index in [1.807, 2.05) is 52.0 Å². The molecule has 19 heavy (non-hydrogen) atoms. The molecule has 0 saturated heterocycles. The Labute approximate surface area is 114 Å². The normalized spacial score (nSPS) is 12.9. The van der Waals surface area contributed by atoms with Gasteiger partial charge in [-0.15, -0.1) is 0 Å². The molecule has 5 nitrogen and oxygen atoms in total. The average Bonchev–Trinajstić information content (AvgIpc) is 2.27. The first-order valence-electron chi connectivity index (χ1n) is 6.23. The second-order valence-corrected chi connectivity index (χ2v) is 5.48. The molecule has 1 unspecified atom stereocenters. The Morgan fingerprint density at radius 1 is 1.32 bits per heavy atom. The highest BCUT2D eigenvalue weighted by Crippen LogP contribution is 2.18. The Kier molecular flexibility index (Phi) is 5.32. The zero-order valence-electron chi connectivity index (χ0n) is 11.9. The van der Waals surface area contributed by atoms with Gasteiger partial charge < -0.3 is 9.57 Å². The molecule has 0 aromatic heterocycles. The van der Waals surface area contributed by atoms with Crippen molar-refractivity contribution in [3.8, 4) is 0 Å². The Bertz CT molecular complexity index is 410. The molecule has 3 N–H and O–H groups in total. The van der Waals surface area contributed by atoms with E-state index in [9.17, 15) is 4.79 Å². The molecule has 0 aliphatic rings. The number of benzene rings is 1. The maximum Gasteiger partial charge on any atom is 0.412 e. The van der Waals surface area contributed by atoms with Gasteiger partial charge >= 0.3 is 6.09 Å². The van der Waals surface area contributed by atoms with Gasteiger partial charge in [-0.3, -0.25) is 5.32 Å². The minimum Gasteiger partial charge on any atom is -0.444 e. The van der Waals surface area contributed by atoms with E-state index in [2.05, 4.69) is 10.2 Å². The van der Waals surface area contributed by atoms with Crippen LogP contribution in [0.5, 0.6) is 0 Å². The summed E-state index contributed by atoms with van der Waals surface area (Å²) in [5.41, 5.74) is 1.29. The Balaban J connectivity index is 2.59. The number of nitrogens with two attached hydrogens (primary N) is 1. The molecule has 5 heteroatoms. The molecular formula is C14H22N2O3. The average molecular weight is 266 g/mol. The fourth-order valence-electron chi connectivity index (χ4n) is 1.56. The van der Waals surface area contributed by atoms with Crippen LogP contribution in [-0.2, 0) is 9.57 Å². The van der Waals surface area contributed by atoms with E-state index >= 15 is 0 Å². The number of hydrogen-bond donors (Lipinski definition) is 2. The number of hydrogen-bond acceptors (Lipinski definition) is 4. The Morgan fingerprint density at radius 2 is 1.89 bits per heavy atom. The molecule has 0 heterocycles. The van der Waals surface area contributed by atoms with Crippen LogP contribution in [0, 0.1) is 0 Å². The lowest BCUT2D eigenvalue weighted by atomic mass is 10.0. The molecule has 1 aromatic rings. The topological polar surface area (TPSA) is 73.6 Å². The van der Waals surface area contributed by atoms with Gasteiger partial charge in [0.1, 0.15) is 5.60 Å². The predicted molar refractivity (Wildman–Crippen MR) is 74.9 cm³/mol. The van der Waals surface area contributed by atoms with Crippen LogP contribution < -0.4 is 11.2 Å². The van der Waals surface area contributed by atoms with E-state index in [-0.39, 0.29) is 5.92 Å². The first-order chi connectivity index (χ1) is 8.81. The molecule has 1 amide bonds. The maximum absolute atomic E-state index is 11.6. The summed E-state index contributed by atoms with van der Waals surface area (Å²) in [6.45, 7) is 7.94. The van der Waals surface area contributed by atoms with Gasteiger partial charge in [0.25, 0.3) is 0 Å². The minimum absolute atomic E-state index is 0.209. The molecule has 0 saturated carbocycles. The number of nitrogens with one attached hydrogen (secondary N) is 1. The molecule has 1 aromatic carbocycles. The van der Waals surface area contributed by atoms with Crippen molar-refractivity contribution in [2.24, 2.45) is 5.90 Å². The first kappa shape index (κ1) is 15.5. The van der Waals surface area contributed by atoms with Crippen LogP contribution in [0.15, 0.2) is 24.3 Å². The predicted octanol–water partition coefficient (Wildman–Crippen LogP) is 3.03. The smallest absolute Gasteiger partial charge is 0.412 e. The minimum atomic E-state index is -0.503. The number of anilines is 1. The van der Waals surface area contributed by atoms with Crippen LogP contribution in [0.4, 0.5) is 10.5 Å². The van der Waals surface area contributed by atoms with Gasteiger partial charge in [0.2, 0.25) is 0 Å². The third kappa shape index (κ3) is 5.72. The van der Waals surface area contributed by atoms with Gasteiger partial charge in [-0.25, -0.2) is 10.7 Å². The van der Waals surface area contributed by atoms with E-state index in [0.717, 1.165) is 5.56 Å². The second-order valence-electron chi connectivity index (χ2n) is 5.48. The van der Waals surface area contributed by atoms with Gasteiger partial charge in [-0.1, -0.05) is 19.1 Å². The third-order valence-electron chi connectivity index (χ3n) is 2.47. The lowest BCUT2D eigenvalue weighted by Gasteiger charge is -2.19. The Hall–Kier alpha value is -1.59. The van der Waals surface area contributed by atoms with Gasteiger partial charge in [-0.05, 0) is 38.5 Å². The molecule has 0 fully saturated rings. The van der Waals surface area contributed by atoms with E-state index < -0.39 is 11.7 Å². The molecule has 0 spiro atoms. The maximum atomic E-state index is 11.6. The summed E-state index contributed by atoms with van der Waals surface area (Å²) in [4.78, 5) is 16.2. The highest BCUT2D eigenvalue weighted by atomic mass is 16.6.